The van der Waals surface area contributed by atoms with Crippen molar-refractivity contribution in [3.05, 3.63) is 10.6 Å². The second-order valence-electron chi connectivity index (χ2n) is 3.76. The molecule has 1 aliphatic heterocycles. The van der Waals surface area contributed by atoms with Crippen LogP contribution in [0.3, 0.4) is 0 Å². The van der Waals surface area contributed by atoms with Crippen LogP contribution in [-0.4, -0.2) is 36.9 Å². The Morgan fingerprint density at radius 3 is 2.58 bits per heavy atom. The van der Waals surface area contributed by atoms with Crippen molar-refractivity contribution in [1.29, 1.82) is 0 Å². The molecule has 0 spiro atoms. The van der Waals surface area contributed by atoms with Crippen LogP contribution in [0, 0.1) is 0 Å². The van der Waals surface area contributed by atoms with Crippen LogP contribution in [-0.2, 0) is 26.8 Å². The standard InChI is InChI=1S/C8H6ClF3N2O3S2/c9-19(16,17)7-13-4-1-2-14(3-5(4)18-7)6(15)8(10,11)12/h1-3H2. The van der Waals surface area contributed by atoms with E-state index in [0.717, 1.165) is 0 Å². The van der Waals surface area contributed by atoms with E-state index < -0.39 is 21.1 Å². The third-order valence-electron chi connectivity index (χ3n) is 2.45. The van der Waals surface area contributed by atoms with Crippen molar-refractivity contribution in [2.24, 2.45) is 0 Å². The van der Waals surface area contributed by atoms with E-state index in [1.165, 1.54) is 0 Å². The molecular weight excluding hydrogens is 329 g/mol. The average Bonchev–Trinajstić information content (AvgIpc) is 2.68. The number of carbonyl (C=O) groups is 1. The van der Waals surface area contributed by atoms with Crippen LogP contribution >= 0.6 is 22.0 Å². The number of nitrogens with zero attached hydrogens (tertiary/aromatic N) is 2. The Hall–Kier alpha value is -0.870. The minimum atomic E-state index is -4.94. The van der Waals surface area contributed by atoms with Gasteiger partial charge in [0, 0.05) is 28.5 Å². The van der Waals surface area contributed by atoms with Gasteiger partial charge in [-0.15, -0.1) is 11.3 Å². The summed E-state index contributed by atoms with van der Waals surface area (Å²) in [7, 11) is 1.10. The van der Waals surface area contributed by atoms with Gasteiger partial charge in [-0.3, -0.25) is 4.79 Å². The van der Waals surface area contributed by atoms with Gasteiger partial charge >= 0.3 is 12.1 Å². The van der Waals surface area contributed by atoms with E-state index >= 15 is 0 Å². The molecule has 2 heterocycles. The van der Waals surface area contributed by atoms with Gasteiger partial charge in [0.05, 0.1) is 12.2 Å². The number of thiazole rings is 1. The molecule has 5 nitrogen and oxygen atoms in total. The summed E-state index contributed by atoms with van der Waals surface area (Å²) in [4.78, 5) is 15.8. The Morgan fingerprint density at radius 1 is 1.42 bits per heavy atom. The fourth-order valence-corrected chi connectivity index (χ4v) is 3.79. The molecule has 0 aliphatic carbocycles. The summed E-state index contributed by atoms with van der Waals surface area (Å²) < 4.78 is 58.6. The summed E-state index contributed by atoms with van der Waals surface area (Å²) in [6.45, 7) is -0.464. The lowest BCUT2D eigenvalue weighted by atomic mass is 10.2. The lowest BCUT2D eigenvalue weighted by molar-refractivity contribution is -0.186. The minimum absolute atomic E-state index is 0.0695. The first kappa shape index (κ1) is 14.5. The number of fused-ring (bicyclic) bond motifs is 1. The Kier molecular flexibility index (Phi) is 3.52. The summed E-state index contributed by atoms with van der Waals surface area (Å²) in [6.07, 6.45) is -4.87. The average molecular weight is 335 g/mol. The highest BCUT2D eigenvalue weighted by Crippen LogP contribution is 2.31. The highest BCUT2D eigenvalue weighted by atomic mass is 35.7. The molecule has 0 saturated heterocycles. The zero-order valence-corrected chi connectivity index (χ0v) is 11.5. The molecule has 0 radical (unpaired) electrons. The first-order chi connectivity index (χ1) is 8.59. The zero-order chi connectivity index (χ0) is 14.4. The van der Waals surface area contributed by atoms with Gasteiger partial charge in [0.2, 0.25) is 4.34 Å². The van der Waals surface area contributed by atoms with E-state index in [9.17, 15) is 26.4 Å². The van der Waals surface area contributed by atoms with E-state index in [4.69, 9.17) is 10.7 Å². The smallest absolute Gasteiger partial charge is 0.329 e. The first-order valence-corrected chi connectivity index (χ1v) is 8.01. The molecule has 2 rings (SSSR count). The third kappa shape index (κ3) is 3.00. The van der Waals surface area contributed by atoms with Gasteiger partial charge in [-0.2, -0.15) is 13.2 Å². The molecule has 0 bridgehead atoms. The van der Waals surface area contributed by atoms with E-state index in [-0.39, 0.29) is 23.8 Å². The van der Waals surface area contributed by atoms with Crippen LogP contribution in [0.25, 0.3) is 0 Å². The van der Waals surface area contributed by atoms with Crippen molar-refractivity contribution in [3.63, 3.8) is 0 Å². The van der Waals surface area contributed by atoms with Gasteiger partial charge < -0.3 is 4.90 Å². The zero-order valence-electron chi connectivity index (χ0n) is 9.07. The molecule has 1 aromatic rings. The molecule has 1 amide bonds. The van der Waals surface area contributed by atoms with Gasteiger partial charge in [-0.25, -0.2) is 13.4 Å². The van der Waals surface area contributed by atoms with Crippen molar-refractivity contribution in [3.8, 4) is 0 Å². The van der Waals surface area contributed by atoms with Gasteiger partial charge in [0.15, 0.2) is 0 Å². The topological polar surface area (TPSA) is 67.3 Å². The van der Waals surface area contributed by atoms with Crippen molar-refractivity contribution < 1.29 is 26.4 Å². The number of hydrogen-bond acceptors (Lipinski definition) is 5. The highest BCUT2D eigenvalue weighted by molar-refractivity contribution is 8.14. The first-order valence-electron chi connectivity index (χ1n) is 4.88. The molecule has 1 aromatic heterocycles. The number of hydrogen-bond donors (Lipinski definition) is 0. The monoisotopic (exact) mass is 334 g/mol. The molecule has 0 atom stereocenters. The SMILES string of the molecule is O=C(N1CCc2nc(S(=O)(=O)Cl)sc2C1)C(F)(F)F. The summed E-state index contributed by atoms with van der Waals surface area (Å²) in [5.41, 5.74) is 0.371. The van der Waals surface area contributed by atoms with E-state index in [1.807, 2.05) is 0 Å². The Morgan fingerprint density at radius 2 is 2.05 bits per heavy atom. The van der Waals surface area contributed by atoms with E-state index in [0.29, 0.717) is 26.8 Å². The minimum Gasteiger partial charge on any atom is -0.329 e. The van der Waals surface area contributed by atoms with Crippen LogP contribution in [0.1, 0.15) is 10.6 Å². The van der Waals surface area contributed by atoms with Crippen LogP contribution in [0.2, 0.25) is 0 Å². The van der Waals surface area contributed by atoms with Crippen molar-refractivity contribution in [1.82, 2.24) is 9.88 Å². The molecule has 0 fully saturated rings. The molecule has 11 heteroatoms. The number of carbonyl (C=O) groups excluding carboxylic acids is 1. The Balaban J connectivity index is 2.26. The highest BCUT2D eigenvalue weighted by Gasteiger charge is 2.43. The second kappa shape index (κ2) is 4.60. The number of rotatable bonds is 1. The summed E-state index contributed by atoms with van der Waals surface area (Å²) >= 11 is 0.682. The van der Waals surface area contributed by atoms with Crippen molar-refractivity contribution >= 4 is 37.0 Å². The number of alkyl halides is 3. The number of aromatic nitrogens is 1. The maximum Gasteiger partial charge on any atom is 0.471 e. The predicted octanol–water partition coefficient (Wildman–Crippen LogP) is 1.52. The number of halogens is 4. The fraction of sp³-hybridized carbons (Fsp3) is 0.500. The van der Waals surface area contributed by atoms with Crippen LogP contribution in [0.15, 0.2) is 4.34 Å². The van der Waals surface area contributed by atoms with Gasteiger partial charge in [-0.1, -0.05) is 0 Å². The normalized spacial score (nSPS) is 16.3. The fourth-order valence-electron chi connectivity index (χ4n) is 1.63. The van der Waals surface area contributed by atoms with Crippen LogP contribution in [0.4, 0.5) is 13.2 Å². The molecule has 106 valence electrons. The molecule has 0 aromatic carbocycles. The molecule has 0 unspecified atom stereocenters. The summed E-state index contributed by atoms with van der Waals surface area (Å²) in [5.74, 6) is -1.94. The number of amides is 1. The second-order valence-corrected chi connectivity index (χ2v) is 7.59. The lowest BCUT2D eigenvalue weighted by Gasteiger charge is -2.26. The molecule has 19 heavy (non-hydrogen) atoms. The summed E-state index contributed by atoms with van der Waals surface area (Å²) in [5, 5.41) is 0. The predicted molar refractivity (Wildman–Crippen MR) is 60.3 cm³/mol. The molecule has 0 saturated carbocycles. The quantitative estimate of drug-likeness (QED) is 0.730. The van der Waals surface area contributed by atoms with Crippen molar-refractivity contribution in [2.75, 3.05) is 6.54 Å². The lowest BCUT2D eigenvalue weighted by Crippen LogP contribution is -2.43. The maximum absolute atomic E-state index is 12.3. The van der Waals surface area contributed by atoms with Crippen LogP contribution in [0.5, 0.6) is 0 Å². The summed E-state index contributed by atoms with van der Waals surface area (Å²) in [6, 6.07) is 0. The maximum atomic E-state index is 12.3. The van der Waals surface area contributed by atoms with Gasteiger partial charge in [0.1, 0.15) is 0 Å². The Bertz CT molecular complexity index is 626. The van der Waals surface area contributed by atoms with Crippen molar-refractivity contribution in [2.45, 2.75) is 23.5 Å². The molecular formula is C8H6ClF3N2O3S2. The van der Waals surface area contributed by atoms with Crippen LogP contribution < -0.4 is 0 Å². The molecule has 0 N–H and O–H groups in total. The van der Waals surface area contributed by atoms with Gasteiger partial charge in [0.25, 0.3) is 9.05 Å². The Labute approximate surface area is 114 Å². The van der Waals surface area contributed by atoms with E-state index in [2.05, 4.69) is 4.98 Å². The van der Waals surface area contributed by atoms with E-state index in [1.54, 1.807) is 0 Å². The largest absolute Gasteiger partial charge is 0.471 e. The van der Waals surface area contributed by atoms with Gasteiger partial charge in [-0.05, 0) is 0 Å². The molecule has 1 aliphatic rings. The third-order valence-corrected chi connectivity index (χ3v) is 5.46.